The number of aromatic nitrogens is 1. The van der Waals surface area contributed by atoms with Crippen molar-refractivity contribution in [1.82, 2.24) is 4.98 Å². The number of para-hydroxylation sites is 1. The summed E-state index contributed by atoms with van der Waals surface area (Å²) in [6.45, 7) is 4.40. The van der Waals surface area contributed by atoms with Gasteiger partial charge in [0.05, 0.1) is 13.1 Å². The van der Waals surface area contributed by atoms with Crippen LogP contribution >= 0.6 is 0 Å². The molecule has 1 saturated heterocycles. The van der Waals surface area contributed by atoms with Crippen molar-refractivity contribution >= 4 is 16.7 Å². The van der Waals surface area contributed by atoms with Crippen molar-refractivity contribution in [2.24, 2.45) is 0 Å². The van der Waals surface area contributed by atoms with E-state index >= 15 is 0 Å². The van der Waals surface area contributed by atoms with Crippen molar-refractivity contribution in [3.8, 4) is 0 Å². The van der Waals surface area contributed by atoms with E-state index in [2.05, 4.69) is 46.7 Å². The molecule has 32 heavy (non-hydrogen) atoms. The van der Waals surface area contributed by atoms with E-state index in [1.54, 1.807) is 4.90 Å². The molecule has 1 aliphatic heterocycles. The Labute approximate surface area is 189 Å². The van der Waals surface area contributed by atoms with Crippen molar-refractivity contribution in [3.05, 3.63) is 107 Å². The predicted octanol–water partition coefficient (Wildman–Crippen LogP) is 3.03. The molecule has 1 atom stereocenters. The number of hydrogen-bond acceptors (Lipinski definition) is 1. The standard InChI is InChI=1S/C28H29N3O/c32-28(25-19-29-26-15-7-6-14-24(25)26)27(21-10-2-1-3-11-21)30-18-22-12-4-5-13-23(22)20-31-16-8-9-17-31/h1-7,10-15,19,27,29-30H,8-9,16-18,20H2/p+2/t27-/m0/s1. The fourth-order valence-corrected chi connectivity index (χ4v) is 4.99. The van der Waals surface area contributed by atoms with Gasteiger partial charge in [0.1, 0.15) is 13.1 Å². The number of H-pyrrole nitrogens is 1. The number of carbonyl (C=O) groups is 1. The zero-order valence-electron chi connectivity index (χ0n) is 18.4. The van der Waals surface area contributed by atoms with E-state index in [4.69, 9.17) is 0 Å². The first-order chi connectivity index (χ1) is 15.8. The molecule has 4 N–H and O–H groups in total. The molecule has 1 aromatic heterocycles. The maximum Gasteiger partial charge on any atom is 0.226 e. The van der Waals surface area contributed by atoms with E-state index in [0.717, 1.165) is 35.1 Å². The number of carbonyl (C=O) groups excluding carboxylic acids is 1. The first-order valence-corrected chi connectivity index (χ1v) is 11.7. The SMILES string of the molecule is O=C(c1c[nH]c2ccccc12)[C@@H]([NH2+]Cc1ccccc1C[NH+]1CCCC1)c1ccccc1. The van der Waals surface area contributed by atoms with Crippen LogP contribution in [-0.4, -0.2) is 23.9 Å². The van der Waals surface area contributed by atoms with Gasteiger partial charge in [-0.3, -0.25) is 4.79 Å². The topological polar surface area (TPSA) is 53.9 Å². The molecule has 162 valence electrons. The lowest BCUT2D eigenvalue weighted by Crippen LogP contribution is -3.08. The molecule has 0 spiro atoms. The van der Waals surface area contributed by atoms with Gasteiger partial charge in [-0.15, -0.1) is 0 Å². The molecule has 0 radical (unpaired) electrons. The van der Waals surface area contributed by atoms with Gasteiger partial charge in [-0.25, -0.2) is 0 Å². The van der Waals surface area contributed by atoms with Gasteiger partial charge in [0.15, 0.2) is 6.04 Å². The maximum absolute atomic E-state index is 13.7. The van der Waals surface area contributed by atoms with Crippen LogP contribution in [0.5, 0.6) is 0 Å². The molecule has 4 aromatic rings. The van der Waals surface area contributed by atoms with Crippen LogP contribution in [0.3, 0.4) is 0 Å². The largest absolute Gasteiger partial charge is 0.360 e. The number of nitrogens with one attached hydrogen (secondary N) is 2. The fraction of sp³-hybridized carbons (Fsp3) is 0.250. The number of Topliss-reactive ketones (excluding diaryl/α,β-unsaturated/α-hetero) is 1. The number of quaternary nitrogens is 2. The fourth-order valence-electron chi connectivity index (χ4n) is 4.99. The first-order valence-electron chi connectivity index (χ1n) is 11.7. The summed E-state index contributed by atoms with van der Waals surface area (Å²) in [7, 11) is 0. The third-order valence-electron chi connectivity index (χ3n) is 6.74. The summed E-state index contributed by atoms with van der Waals surface area (Å²) in [6.07, 6.45) is 4.53. The normalized spacial score (nSPS) is 15.2. The Morgan fingerprint density at radius 1 is 0.875 bits per heavy atom. The van der Waals surface area contributed by atoms with Crippen LogP contribution < -0.4 is 10.2 Å². The van der Waals surface area contributed by atoms with Crippen LogP contribution in [0.4, 0.5) is 0 Å². The van der Waals surface area contributed by atoms with Crippen LogP contribution in [0, 0.1) is 0 Å². The van der Waals surface area contributed by atoms with Gasteiger partial charge < -0.3 is 15.2 Å². The lowest BCUT2D eigenvalue weighted by atomic mass is 9.96. The van der Waals surface area contributed by atoms with E-state index in [1.807, 2.05) is 48.7 Å². The summed E-state index contributed by atoms with van der Waals surface area (Å²) < 4.78 is 0. The molecular formula is C28H31N3O+2. The van der Waals surface area contributed by atoms with Gasteiger partial charge in [-0.2, -0.15) is 0 Å². The summed E-state index contributed by atoms with van der Waals surface area (Å²) in [6, 6.07) is 26.7. The van der Waals surface area contributed by atoms with E-state index in [1.165, 1.54) is 37.1 Å². The van der Waals surface area contributed by atoms with Crippen molar-refractivity contribution in [3.63, 3.8) is 0 Å². The van der Waals surface area contributed by atoms with Crippen molar-refractivity contribution in [1.29, 1.82) is 0 Å². The number of fused-ring (bicyclic) bond motifs is 1. The Balaban J connectivity index is 1.41. The number of ketones is 1. The van der Waals surface area contributed by atoms with Crippen LogP contribution in [0.1, 0.15) is 45.9 Å². The third kappa shape index (κ3) is 4.38. The lowest BCUT2D eigenvalue weighted by molar-refractivity contribution is -0.901. The number of nitrogens with two attached hydrogens (primary N) is 1. The minimum Gasteiger partial charge on any atom is -0.360 e. The van der Waals surface area contributed by atoms with Crippen LogP contribution in [0.15, 0.2) is 85.1 Å². The second kappa shape index (κ2) is 9.51. The van der Waals surface area contributed by atoms with Gasteiger partial charge in [-0.1, -0.05) is 72.8 Å². The summed E-state index contributed by atoms with van der Waals surface area (Å²) in [5.74, 6) is 0.149. The molecule has 2 heterocycles. The summed E-state index contributed by atoms with van der Waals surface area (Å²) in [5, 5.41) is 3.20. The van der Waals surface area contributed by atoms with Gasteiger partial charge >= 0.3 is 0 Å². The van der Waals surface area contributed by atoms with E-state index < -0.39 is 0 Å². The molecule has 0 amide bonds. The maximum atomic E-state index is 13.7. The quantitative estimate of drug-likeness (QED) is 0.374. The number of aromatic amines is 1. The van der Waals surface area contributed by atoms with Crippen molar-refractivity contribution in [2.45, 2.75) is 32.0 Å². The highest BCUT2D eigenvalue weighted by Crippen LogP contribution is 2.23. The van der Waals surface area contributed by atoms with E-state index in [0.29, 0.717) is 0 Å². The first kappa shape index (κ1) is 20.7. The molecule has 0 aliphatic carbocycles. The number of benzene rings is 3. The van der Waals surface area contributed by atoms with Gasteiger partial charge in [0, 0.05) is 52.2 Å². The Bertz CT molecular complexity index is 1190. The molecule has 0 bridgehead atoms. The molecular weight excluding hydrogens is 394 g/mol. The Hall–Kier alpha value is -3.21. The smallest absolute Gasteiger partial charge is 0.226 e. The molecule has 3 aromatic carbocycles. The summed E-state index contributed by atoms with van der Waals surface area (Å²) in [4.78, 5) is 18.7. The molecule has 4 heteroatoms. The molecule has 5 rings (SSSR count). The molecule has 1 fully saturated rings. The number of rotatable bonds is 8. The van der Waals surface area contributed by atoms with E-state index in [9.17, 15) is 4.79 Å². The second-order valence-electron chi connectivity index (χ2n) is 8.84. The predicted molar refractivity (Wildman–Crippen MR) is 128 cm³/mol. The van der Waals surface area contributed by atoms with Gasteiger partial charge in [0.2, 0.25) is 5.78 Å². The molecule has 0 saturated carbocycles. The highest BCUT2D eigenvalue weighted by atomic mass is 16.1. The van der Waals surface area contributed by atoms with Crippen molar-refractivity contribution < 1.29 is 15.0 Å². The minimum atomic E-state index is -0.275. The number of hydrogen-bond donors (Lipinski definition) is 3. The average Bonchev–Trinajstić information content (AvgIpc) is 3.51. The highest BCUT2D eigenvalue weighted by molar-refractivity contribution is 6.09. The van der Waals surface area contributed by atoms with Crippen LogP contribution in [-0.2, 0) is 13.1 Å². The molecule has 0 unspecified atom stereocenters. The molecule has 4 nitrogen and oxygen atoms in total. The van der Waals surface area contributed by atoms with Crippen LogP contribution in [0.2, 0.25) is 0 Å². The Morgan fingerprint density at radius 3 is 2.38 bits per heavy atom. The third-order valence-corrected chi connectivity index (χ3v) is 6.74. The zero-order chi connectivity index (χ0) is 21.8. The molecule has 1 aliphatic rings. The van der Waals surface area contributed by atoms with Crippen LogP contribution in [0.25, 0.3) is 10.9 Å². The average molecular weight is 426 g/mol. The van der Waals surface area contributed by atoms with Gasteiger partial charge in [-0.05, 0) is 6.07 Å². The highest BCUT2D eigenvalue weighted by Gasteiger charge is 2.28. The second-order valence-corrected chi connectivity index (χ2v) is 8.84. The lowest BCUT2D eigenvalue weighted by Gasteiger charge is -2.18. The van der Waals surface area contributed by atoms with Crippen molar-refractivity contribution in [2.75, 3.05) is 13.1 Å². The Morgan fingerprint density at radius 2 is 1.56 bits per heavy atom. The number of likely N-dealkylation sites (tertiary alicyclic amines) is 1. The minimum absolute atomic E-state index is 0.149. The Kier molecular flexibility index (Phi) is 6.15. The zero-order valence-corrected chi connectivity index (χ0v) is 18.4. The summed E-state index contributed by atoms with van der Waals surface area (Å²) in [5.41, 5.74) is 5.55. The van der Waals surface area contributed by atoms with Gasteiger partial charge in [0.25, 0.3) is 0 Å². The summed E-state index contributed by atoms with van der Waals surface area (Å²) >= 11 is 0. The van der Waals surface area contributed by atoms with E-state index in [-0.39, 0.29) is 11.8 Å². The monoisotopic (exact) mass is 425 g/mol.